The zero-order valence-corrected chi connectivity index (χ0v) is 13.3. The van der Waals surface area contributed by atoms with Gasteiger partial charge in [0.1, 0.15) is 29.9 Å². The van der Waals surface area contributed by atoms with E-state index < -0.39 is 47.6 Å². The van der Waals surface area contributed by atoms with E-state index in [1.165, 1.54) is 6.92 Å². The molecular formula is C14H18N4O5. The van der Waals surface area contributed by atoms with Crippen LogP contribution in [-0.4, -0.2) is 52.6 Å². The molecule has 0 aromatic heterocycles. The van der Waals surface area contributed by atoms with Crippen LogP contribution in [-0.2, 0) is 19.0 Å². The quantitative estimate of drug-likeness (QED) is 0.673. The minimum absolute atomic E-state index is 0.180. The van der Waals surface area contributed by atoms with Crippen molar-refractivity contribution in [2.75, 3.05) is 0 Å². The van der Waals surface area contributed by atoms with Gasteiger partial charge < -0.3 is 14.2 Å². The first-order valence-corrected chi connectivity index (χ1v) is 7.36. The lowest BCUT2D eigenvalue weighted by atomic mass is 9.80. The SMILES string of the molecule is CC(=O)O[C@]1(C#N)C[C@@H]2O[C@H]1[C@H]1N=NN(C(=O)OC(C)(C)C)[C@@H]12. The molecule has 2 bridgehead atoms. The third-order valence-corrected chi connectivity index (χ3v) is 3.99. The fourth-order valence-corrected chi connectivity index (χ4v) is 3.28. The Morgan fingerprint density at radius 2 is 2.13 bits per heavy atom. The van der Waals surface area contributed by atoms with Gasteiger partial charge in [-0.15, -0.1) is 0 Å². The zero-order chi connectivity index (χ0) is 17.0. The maximum atomic E-state index is 12.2. The monoisotopic (exact) mass is 322 g/mol. The van der Waals surface area contributed by atoms with Crippen LogP contribution in [0.15, 0.2) is 10.3 Å². The van der Waals surface area contributed by atoms with Gasteiger partial charge in [0.25, 0.3) is 0 Å². The summed E-state index contributed by atoms with van der Waals surface area (Å²) in [4.78, 5) is 23.5. The smallest absolute Gasteiger partial charge is 0.432 e. The lowest BCUT2D eigenvalue weighted by Gasteiger charge is -2.33. The summed E-state index contributed by atoms with van der Waals surface area (Å²) >= 11 is 0. The van der Waals surface area contributed by atoms with Crippen LogP contribution in [0.1, 0.15) is 34.1 Å². The van der Waals surface area contributed by atoms with E-state index in [1.54, 1.807) is 20.8 Å². The molecule has 0 radical (unpaired) electrons. The van der Waals surface area contributed by atoms with Gasteiger partial charge in [-0.2, -0.15) is 15.4 Å². The van der Waals surface area contributed by atoms with Crippen molar-refractivity contribution in [3.8, 4) is 6.07 Å². The van der Waals surface area contributed by atoms with E-state index in [-0.39, 0.29) is 6.42 Å². The molecule has 0 N–H and O–H groups in total. The molecule has 0 aliphatic carbocycles. The maximum absolute atomic E-state index is 12.2. The number of rotatable bonds is 1. The Morgan fingerprint density at radius 1 is 1.43 bits per heavy atom. The van der Waals surface area contributed by atoms with Crippen LogP contribution < -0.4 is 0 Å². The van der Waals surface area contributed by atoms with E-state index >= 15 is 0 Å². The summed E-state index contributed by atoms with van der Waals surface area (Å²) in [7, 11) is 0. The molecule has 3 aliphatic rings. The Morgan fingerprint density at radius 3 is 2.70 bits per heavy atom. The minimum atomic E-state index is -1.37. The fraction of sp³-hybridized carbons (Fsp3) is 0.786. The van der Waals surface area contributed by atoms with Crippen molar-refractivity contribution in [3.63, 3.8) is 0 Å². The van der Waals surface area contributed by atoms with Crippen LogP contribution in [0.2, 0.25) is 0 Å². The molecule has 3 heterocycles. The predicted molar refractivity (Wildman–Crippen MR) is 73.9 cm³/mol. The zero-order valence-electron chi connectivity index (χ0n) is 13.3. The predicted octanol–water partition coefficient (Wildman–Crippen LogP) is 1.34. The van der Waals surface area contributed by atoms with Gasteiger partial charge in [0, 0.05) is 13.3 Å². The number of esters is 1. The third-order valence-electron chi connectivity index (χ3n) is 3.99. The number of ether oxygens (including phenoxy) is 3. The summed E-state index contributed by atoms with van der Waals surface area (Å²) in [6.07, 6.45) is -1.65. The number of amides is 1. The molecule has 2 fully saturated rings. The van der Waals surface area contributed by atoms with Crippen LogP contribution in [0.4, 0.5) is 4.79 Å². The summed E-state index contributed by atoms with van der Waals surface area (Å²) in [6.45, 7) is 6.52. The standard InChI is InChI=1S/C14H18N4O5/c1-7(19)22-14(6-15)5-8-10-9(11(14)21-8)16-17-18(10)12(20)23-13(2,3)4/h8-11H,5H2,1-4H3/t8-,9-,10+,11-,14-/m0/s1. The molecule has 23 heavy (non-hydrogen) atoms. The van der Waals surface area contributed by atoms with Crippen molar-refractivity contribution < 1.29 is 23.8 Å². The molecular weight excluding hydrogens is 304 g/mol. The lowest BCUT2D eigenvalue weighted by Crippen LogP contribution is -2.56. The average molecular weight is 322 g/mol. The Balaban J connectivity index is 1.79. The van der Waals surface area contributed by atoms with Crippen molar-refractivity contribution in [2.45, 2.75) is 69.6 Å². The lowest BCUT2D eigenvalue weighted by molar-refractivity contribution is -0.156. The van der Waals surface area contributed by atoms with E-state index in [9.17, 15) is 14.9 Å². The first-order chi connectivity index (χ1) is 10.7. The summed E-state index contributed by atoms with van der Waals surface area (Å²) < 4.78 is 16.3. The summed E-state index contributed by atoms with van der Waals surface area (Å²) in [5.74, 6) is -0.557. The Bertz CT molecular complexity index is 622. The molecule has 5 atom stereocenters. The van der Waals surface area contributed by atoms with E-state index in [0.29, 0.717) is 0 Å². The van der Waals surface area contributed by atoms with Gasteiger partial charge in [-0.3, -0.25) is 4.79 Å². The first-order valence-electron chi connectivity index (χ1n) is 7.36. The number of fused-ring (bicyclic) bond motifs is 5. The highest BCUT2D eigenvalue weighted by molar-refractivity contribution is 5.69. The summed E-state index contributed by atoms with van der Waals surface area (Å²) in [5.41, 5.74) is -2.03. The van der Waals surface area contributed by atoms with Crippen molar-refractivity contribution in [2.24, 2.45) is 10.3 Å². The van der Waals surface area contributed by atoms with Gasteiger partial charge in [-0.05, 0) is 20.8 Å². The second kappa shape index (κ2) is 4.89. The first kappa shape index (κ1) is 15.7. The van der Waals surface area contributed by atoms with E-state index in [2.05, 4.69) is 10.3 Å². The van der Waals surface area contributed by atoms with Crippen molar-refractivity contribution >= 4 is 12.1 Å². The van der Waals surface area contributed by atoms with Gasteiger partial charge in [0.05, 0.1) is 6.10 Å². The number of nitriles is 1. The second-order valence-electron chi connectivity index (χ2n) is 6.91. The molecule has 2 saturated heterocycles. The molecule has 124 valence electrons. The molecule has 9 nitrogen and oxygen atoms in total. The van der Waals surface area contributed by atoms with Gasteiger partial charge in [0.15, 0.2) is 0 Å². The Kier molecular flexibility index (Phi) is 3.33. The third kappa shape index (κ3) is 2.43. The van der Waals surface area contributed by atoms with Crippen LogP contribution in [0.5, 0.6) is 0 Å². The van der Waals surface area contributed by atoms with Crippen LogP contribution >= 0.6 is 0 Å². The summed E-state index contributed by atoms with van der Waals surface area (Å²) in [5, 5.41) is 18.5. The molecule has 3 rings (SSSR count). The number of hydrogen-bond donors (Lipinski definition) is 0. The fourth-order valence-electron chi connectivity index (χ4n) is 3.28. The van der Waals surface area contributed by atoms with Crippen molar-refractivity contribution in [3.05, 3.63) is 0 Å². The molecule has 3 aliphatic heterocycles. The highest BCUT2D eigenvalue weighted by atomic mass is 16.6. The number of carbonyl (C=O) groups excluding carboxylic acids is 2. The van der Waals surface area contributed by atoms with Gasteiger partial charge in [0.2, 0.25) is 5.60 Å². The van der Waals surface area contributed by atoms with Crippen molar-refractivity contribution in [1.82, 2.24) is 5.01 Å². The Labute approximate surface area is 133 Å². The maximum Gasteiger partial charge on any atom is 0.432 e. The number of carbonyl (C=O) groups is 2. The van der Waals surface area contributed by atoms with Crippen LogP contribution in [0, 0.1) is 11.3 Å². The average Bonchev–Trinajstić information content (AvgIpc) is 3.04. The normalized spacial score (nSPS) is 37.4. The largest absolute Gasteiger partial charge is 0.442 e. The molecule has 0 aromatic carbocycles. The highest BCUT2D eigenvalue weighted by Crippen LogP contribution is 2.49. The minimum Gasteiger partial charge on any atom is -0.442 e. The second-order valence-corrected chi connectivity index (χ2v) is 6.91. The van der Waals surface area contributed by atoms with Crippen LogP contribution in [0.25, 0.3) is 0 Å². The Hall–Kier alpha value is -2.21. The van der Waals surface area contributed by atoms with Gasteiger partial charge >= 0.3 is 12.1 Å². The van der Waals surface area contributed by atoms with Gasteiger partial charge in [-0.1, -0.05) is 5.22 Å². The summed E-state index contributed by atoms with van der Waals surface area (Å²) in [6, 6.07) is 1.05. The van der Waals surface area contributed by atoms with E-state index in [0.717, 1.165) is 5.01 Å². The van der Waals surface area contributed by atoms with Crippen LogP contribution in [0.3, 0.4) is 0 Å². The molecule has 1 amide bonds. The molecule has 0 unspecified atom stereocenters. The highest BCUT2D eigenvalue weighted by Gasteiger charge is 2.69. The molecule has 9 heteroatoms. The van der Waals surface area contributed by atoms with Crippen molar-refractivity contribution in [1.29, 1.82) is 5.26 Å². The molecule has 0 spiro atoms. The topological polar surface area (TPSA) is 114 Å². The molecule has 0 aromatic rings. The number of hydrogen-bond acceptors (Lipinski definition) is 8. The van der Waals surface area contributed by atoms with E-state index in [1.807, 2.05) is 6.07 Å². The van der Waals surface area contributed by atoms with Gasteiger partial charge in [-0.25, -0.2) is 4.79 Å². The molecule has 0 saturated carbocycles. The number of nitrogens with zero attached hydrogens (tertiary/aromatic N) is 4. The van der Waals surface area contributed by atoms with E-state index in [4.69, 9.17) is 14.2 Å².